The van der Waals surface area contributed by atoms with Crippen LogP contribution in [-0.4, -0.2) is 0 Å². The summed E-state index contributed by atoms with van der Waals surface area (Å²) in [4.78, 5) is 0. The Kier molecular flexibility index (Phi) is 6.22. The van der Waals surface area contributed by atoms with Crippen molar-refractivity contribution in [2.24, 2.45) is 0 Å². The van der Waals surface area contributed by atoms with Crippen LogP contribution in [0.3, 0.4) is 0 Å². The van der Waals surface area contributed by atoms with Crippen LogP contribution in [0.1, 0.15) is 0 Å². The van der Waals surface area contributed by atoms with Crippen LogP contribution in [0.5, 0.6) is 0 Å². The molecule has 14 heavy (non-hydrogen) atoms. The molecular formula is CdO9SW3. The van der Waals surface area contributed by atoms with Crippen LogP contribution in [0.15, 0.2) is 0 Å². The van der Waals surface area contributed by atoms with E-state index in [9.17, 15) is 20.4 Å². The van der Waals surface area contributed by atoms with E-state index in [-0.39, 0.29) is 0 Å². The van der Waals surface area contributed by atoms with Crippen molar-refractivity contribution in [3.63, 3.8) is 0 Å². The first-order valence-electron chi connectivity index (χ1n) is 2.29. The zero-order valence-corrected chi connectivity index (χ0v) is 19.7. The van der Waals surface area contributed by atoms with Crippen molar-refractivity contribution in [2.45, 2.75) is 0 Å². The molecule has 0 aromatic heterocycles. The molecule has 1 saturated heterocycles. The molecule has 1 aliphatic rings. The monoisotopic (exact) mass is 842 g/mol. The van der Waals surface area contributed by atoms with Crippen molar-refractivity contribution in [1.82, 2.24) is 0 Å². The van der Waals surface area contributed by atoms with Gasteiger partial charge in [-0.05, 0) is 0 Å². The van der Waals surface area contributed by atoms with Gasteiger partial charge in [0.1, 0.15) is 0 Å². The molecule has 1 aliphatic heterocycles. The first-order chi connectivity index (χ1) is 6.12. The van der Waals surface area contributed by atoms with Crippen LogP contribution in [0.2, 0.25) is 0 Å². The fraction of sp³-hybridized carbons (Fsp3) is 0. The van der Waals surface area contributed by atoms with Crippen molar-refractivity contribution in [3.05, 3.63) is 0 Å². The van der Waals surface area contributed by atoms with Crippen LogP contribution < -0.4 is 0 Å². The molecule has 9 nitrogen and oxygen atoms in total. The quantitative estimate of drug-likeness (QED) is 0.301. The van der Waals surface area contributed by atoms with Crippen molar-refractivity contribution in [2.75, 3.05) is 0 Å². The Labute approximate surface area is 107 Å². The van der Waals surface area contributed by atoms with E-state index >= 15 is 0 Å². The summed E-state index contributed by atoms with van der Waals surface area (Å²) in [5, 5.41) is 0. The van der Waals surface area contributed by atoms with Crippen LogP contribution in [-0.2, 0) is 100 Å². The summed E-state index contributed by atoms with van der Waals surface area (Å²) in [5.41, 5.74) is 0. The van der Waals surface area contributed by atoms with E-state index in [1.165, 1.54) is 0 Å². The van der Waals surface area contributed by atoms with Gasteiger partial charge in [0.15, 0.2) is 0 Å². The Morgan fingerprint density at radius 3 is 0.929 bits per heavy atom. The Morgan fingerprint density at radius 2 is 0.786 bits per heavy atom. The molecular weight excluding hydrogens is 840 g/mol. The van der Waals surface area contributed by atoms with Crippen molar-refractivity contribution < 1.29 is 100 Å². The van der Waals surface area contributed by atoms with Crippen LogP contribution >= 0.6 is 8.65 Å². The summed E-state index contributed by atoms with van der Waals surface area (Å²) in [7, 11) is 4.25. The van der Waals surface area contributed by atoms with E-state index in [4.69, 9.17) is 0 Å². The predicted molar refractivity (Wildman–Crippen MR) is 15.0 cm³/mol. The van der Waals surface area contributed by atoms with E-state index in [1.54, 1.807) is 0 Å². The molecule has 1 fully saturated rings. The van der Waals surface area contributed by atoms with Gasteiger partial charge in [0.05, 0.1) is 0 Å². The molecule has 1 heterocycles. The molecule has 0 spiro atoms. The average molecular weight is 840 g/mol. The minimum atomic E-state index is -6.26. The molecule has 14 heteroatoms. The van der Waals surface area contributed by atoms with Gasteiger partial charge in [-0.2, -0.15) is 0 Å². The van der Waals surface area contributed by atoms with E-state index < -0.39 is 50.2 Å². The minimum absolute atomic E-state index is 0.733. The molecule has 0 aromatic carbocycles. The van der Waals surface area contributed by atoms with E-state index in [0.29, 0.717) is 0 Å². The van der Waals surface area contributed by atoms with Gasteiger partial charge in [0.25, 0.3) is 0 Å². The third-order valence-electron chi connectivity index (χ3n) is 0.500. The standard InChI is InChI=1S/Cd.9O.S.3W. The van der Waals surface area contributed by atoms with Crippen LogP contribution in [0.4, 0.5) is 0 Å². The molecule has 0 saturated carbocycles. The zero-order valence-electron chi connectivity index (χ0n) is 6.01. The second kappa shape index (κ2) is 5.48. The average Bonchev–Trinajstić information content (AvgIpc) is 1.79. The second-order valence-corrected chi connectivity index (χ2v) is 23.7. The Balaban J connectivity index is 0.000000791. The first-order valence-corrected chi connectivity index (χ1v) is 22.2. The summed E-state index contributed by atoms with van der Waals surface area (Å²) in [6.07, 6.45) is 0. The maximum atomic E-state index is 10.4. The normalized spacial score (nSPS) is 27.0. The summed E-state index contributed by atoms with van der Waals surface area (Å²) >= 11 is -18.0. The van der Waals surface area contributed by atoms with Crippen molar-refractivity contribution in [3.8, 4) is 0 Å². The molecule has 0 N–H and O–H groups in total. The third-order valence-corrected chi connectivity index (χ3v) is 33.5. The third kappa shape index (κ3) is 5.83. The summed E-state index contributed by atoms with van der Waals surface area (Å²) < 4.78 is 72.5. The fourth-order valence-electron chi connectivity index (χ4n) is 0.340. The summed E-state index contributed by atoms with van der Waals surface area (Å²) in [5.74, 6) is 0. The molecule has 0 radical (unpaired) electrons. The van der Waals surface area contributed by atoms with Crippen molar-refractivity contribution in [1.29, 1.82) is 0 Å². The molecule has 0 unspecified atom stereocenters. The first kappa shape index (κ1) is 15.9. The van der Waals surface area contributed by atoms with Gasteiger partial charge in [-0.25, -0.2) is 0 Å². The van der Waals surface area contributed by atoms with Gasteiger partial charge < -0.3 is 0 Å². The van der Waals surface area contributed by atoms with E-state index in [2.05, 4.69) is 14.8 Å². The Bertz CT molecular complexity index is 392. The van der Waals surface area contributed by atoms with E-state index in [1.807, 2.05) is 0 Å². The predicted octanol–water partition coefficient (Wildman–Crippen LogP) is -0.280. The molecule has 0 atom stereocenters. The number of rotatable bonds is 0. The summed E-state index contributed by atoms with van der Waals surface area (Å²) in [6.45, 7) is 0. The van der Waals surface area contributed by atoms with Crippen LogP contribution in [0.25, 0.3) is 0 Å². The number of hydrogen-bond donors (Lipinski definition) is 0. The SMILES string of the molecule is [O]=[W]1(=[O])[O][W](=[O])(=[O])[O][W](=[O])(=[O])[O]1.[S]=[Cd]. The molecule has 0 aromatic rings. The van der Waals surface area contributed by atoms with E-state index in [0.717, 1.165) is 23.7 Å². The van der Waals surface area contributed by atoms with Gasteiger partial charge in [0, 0.05) is 0 Å². The molecule has 0 bridgehead atoms. The zero-order chi connectivity index (χ0) is 11.6. The summed E-state index contributed by atoms with van der Waals surface area (Å²) in [6, 6.07) is 0. The Morgan fingerprint density at radius 1 is 0.643 bits per heavy atom. The maximum absolute atomic E-state index is 10.4. The van der Waals surface area contributed by atoms with Gasteiger partial charge in [0.2, 0.25) is 0 Å². The van der Waals surface area contributed by atoms with Crippen molar-refractivity contribution >= 4 is 8.65 Å². The molecule has 0 amide bonds. The molecule has 80 valence electrons. The van der Waals surface area contributed by atoms with Gasteiger partial charge >= 0.3 is 109 Å². The molecule has 0 aliphatic carbocycles. The van der Waals surface area contributed by atoms with Gasteiger partial charge in [-0.15, -0.1) is 0 Å². The molecule has 1 rings (SSSR count). The van der Waals surface area contributed by atoms with Gasteiger partial charge in [-0.1, -0.05) is 0 Å². The fourth-order valence-corrected chi connectivity index (χ4v) is 39.2. The number of hydrogen-bond acceptors (Lipinski definition) is 10. The van der Waals surface area contributed by atoms with Crippen LogP contribution in [0, 0.1) is 0 Å². The topological polar surface area (TPSA) is 130 Å². The van der Waals surface area contributed by atoms with Gasteiger partial charge in [-0.3, -0.25) is 0 Å². The second-order valence-electron chi connectivity index (χ2n) is 1.43. The Hall–Kier alpha value is 1.89.